The molecule has 0 bridgehead atoms. The van der Waals surface area contributed by atoms with Gasteiger partial charge in [-0.1, -0.05) is 25.8 Å². The zero-order chi connectivity index (χ0) is 18.1. The number of rotatable bonds is 7. The summed E-state index contributed by atoms with van der Waals surface area (Å²) < 4.78 is 0. The predicted octanol–water partition coefficient (Wildman–Crippen LogP) is 3.13. The first-order valence-electron chi connectivity index (χ1n) is 8.20. The first-order chi connectivity index (χ1) is 12.1. The predicted molar refractivity (Wildman–Crippen MR) is 95.2 cm³/mol. The summed E-state index contributed by atoms with van der Waals surface area (Å²) in [7, 11) is 0. The lowest BCUT2D eigenvalue weighted by molar-refractivity contribution is 0.0953. The summed E-state index contributed by atoms with van der Waals surface area (Å²) in [6.07, 6.45) is 4.51. The van der Waals surface area contributed by atoms with Gasteiger partial charge in [0.05, 0.1) is 11.6 Å². The van der Waals surface area contributed by atoms with Gasteiger partial charge >= 0.3 is 0 Å². The van der Waals surface area contributed by atoms with Gasteiger partial charge in [-0.05, 0) is 36.8 Å². The number of nitrogens with one attached hydrogen (secondary N) is 2. The first-order valence-corrected chi connectivity index (χ1v) is 8.20. The number of unbranched alkanes of at least 4 members (excludes halogenated alkanes) is 2. The average Bonchev–Trinajstić information content (AvgIpc) is 2.65. The van der Waals surface area contributed by atoms with E-state index in [1.54, 1.807) is 30.3 Å². The number of pyridine rings is 1. The Hall–Kier alpha value is -3.20. The molecule has 1 aromatic heterocycles. The maximum atomic E-state index is 12.3. The molecule has 0 saturated heterocycles. The molecular formula is C19H20N4O2. The van der Waals surface area contributed by atoms with Crippen LogP contribution >= 0.6 is 0 Å². The van der Waals surface area contributed by atoms with Gasteiger partial charge in [0, 0.05) is 24.0 Å². The van der Waals surface area contributed by atoms with Crippen LogP contribution in [0.3, 0.4) is 0 Å². The molecule has 0 saturated carbocycles. The van der Waals surface area contributed by atoms with Crippen LogP contribution in [0.5, 0.6) is 0 Å². The molecule has 1 heterocycles. The van der Waals surface area contributed by atoms with Crippen molar-refractivity contribution >= 4 is 17.5 Å². The zero-order valence-electron chi connectivity index (χ0n) is 14.1. The summed E-state index contributed by atoms with van der Waals surface area (Å²) in [6, 6.07) is 11.6. The Labute approximate surface area is 146 Å². The fraction of sp³-hybridized carbons (Fsp3) is 0.263. The van der Waals surface area contributed by atoms with E-state index in [9.17, 15) is 9.59 Å². The van der Waals surface area contributed by atoms with Crippen molar-refractivity contribution in [2.75, 3.05) is 11.9 Å². The highest BCUT2D eigenvalue weighted by Crippen LogP contribution is 2.11. The van der Waals surface area contributed by atoms with Crippen LogP contribution in [0.15, 0.2) is 42.6 Å². The number of hydrogen-bond acceptors (Lipinski definition) is 4. The number of aromatic nitrogens is 1. The minimum Gasteiger partial charge on any atom is -0.352 e. The van der Waals surface area contributed by atoms with E-state index in [4.69, 9.17) is 5.26 Å². The van der Waals surface area contributed by atoms with Crippen LogP contribution in [0.1, 0.15) is 52.6 Å². The number of carbonyl (C=O) groups is 2. The second-order valence-corrected chi connectivity index (χ2v) is 5.54. The molecule has 0 unspecified atom stereocenters. The van der Waals surface area contributed by atoms with Crippen LogP contribution < -0.4 is 10.6 Å². The van der Waals surface area contributed by atoms with Crippen molar-refractivity contribution < 1.29 is 9.59 Å². The smallest absolute Gasteiger partial charge is 0.274 e. The largest absolute Gasteiger partial charge is 0.352 e. The van der Waals surface area contributed by atoms with E-state index < -0.39 is 5.91 Å². The number of nitriles is 1. The fourth-order valence-electron chi connectivity index (χ4n) is 2.24. The molecule has 2 amide bonds. The topological polar surface area (TPSA) is 94.9 Å². The van der Waals surface area contributed by atoms with Gasteiger partial charge in [0.25, 0.3) is 11.8 Å². The van der Waals surface area contributed by atoms with Crippen molar-refractivity contribution in [3.63, 3.8) is 0 Å². The molecule has 0 aliphatic heterocycles. The van der Waals surface area contributed by atoms with E-state index >= 15 is 0 Å². The number of benzene rings is 1. The Balaban J connectivity index is 2.03. The summed E-state index contributed by atoms with van der Waals surface area (Å²) in [4.78, 5) is 28.4. The maximum absolute atomic E-state index is 12.3. The molecule has 0 aliphatic rings. The van der Waals surface area contributed by atoms with Crippen molar-refractivity contribution in [2.24, 2.45) is 0 Å². The molecule has 2 rings (SSSR count). The molecule has 0 aliphatic carbocycles. The lowest BCUT2D eigenvalue weighted by atomic mass is 10.2. The van der Waals surface area contributed by atoms with Gasteiger partial charge in [-0.3, -0.25) is 14.6 Å². The SMILES string of the molecule is CCCCCNC(=O)c1ccnc(C(=O)Nc2cccc(C#N)c2)c1. The highest BCUT2D eigenvalue weighted by Gasteiger charge is 2.12. The van der Waals surface area contributed by atoms with Crippen LogP contribution in [0.4, 0.5) is 5.69 Å². The molecule has 6 heteroatoms. The maximum Gasteiger partial charge on any atom is 0.274 e. The lowest BCUT2D eigenvalue weighted by Gasteiger charge is -2.07. The van der Waals surface area contributed by atoms with Crippen molar-refractivity contribution in [1.82, 2.24) is 10.3 Å². The van der Waals surface area contributed by atoms with Crippen LogP contribution in [-0.2, 0) is 0 Å². The molecule has 0 radical (unpaired) electrons. The highest BCUT2D eigenvalue weighted by molar-refractivity contribution is 6.04. The highest BCUT2D eigenvalue weighted by atomic mass is 16.2. The van der Waals surface area contributed by atoms with Crippen molar-refractivity contribution in [2.45, 2.75) is 26.2 Å². The van der Waals surface area contributed by atoms with Crippen LogP contribution in [0.2, 0.25) is 0 Å². The number of hydrogen-bond donors (Lipinski definition) is 2. The Morgan fingerprint density at radius 2 is 2.00 bits per heavy atom. The van der Waals surface area contributed by atoms with Gasteiger partial charge in [-0.15, -0.1) is 0 Å². The minimum absolute atomic E-state index is 0.142. The van der Waals surface area contributed by atoms with Crippen LogP contribution in [0, 0.1) is 11.3 Å². The van der Waals surface area contributed by atoms with E-state index in [-0.39, 0.29) is 11.6 Å². The first kappa shape index (κ1) is 18.1. The fourth-order valence-corrected chi connectivity index (χ4v) is 2.24. The minimum atomic E-state index is -0.435. The Kier molecular flexibility index (Phi) is 6.66. The van der Waals surface area contributed by atoms with Gasteiger partial charge < -0.3 is 10.6 Å². The zero-order valence-corrected chi connectivity index (χ0v) is 14.1. The molecule has 0 fully saturated rings. The molecule has 2 aromatic rings. The van der Waals surface area contributed by atoms with Crippen LogP contribution in [-0.4, -0.2) is 23.3 Å². The molecule has 25 heavy (non-hydrogen) atoms. The molecule has 0 spiro atoms. The molecular weight excluding hydrogens is 316 g/mol. The lowest BCUT2D eigenvalue weighted by Crippen LogP contribution is -2.25. The average molecular weight is 336 g/mol. The molecule has 0 atom stereocenters. The summed E-state index contributed by atoms with van der Waals surface area (Å²) in [5, 5.41) is 14.4. The monoisotopic (exact) mass is 336 g/mol. The number of anilines is 1. The second kappa shape index (κ2) is 9.18. The van der Waals surface area contributed by atoms with E-state index in [0.717, 1.165) is 19.3 Å². The summed E-state index contributed by atoms with van der Waals surface area (Å²) in [5.41, 5.74) is 1.48. The third-order valence-electron chi connectivity index (χ3n) is 3.57. The van der Waals surface area contributed by atoms with Crippen molar-refractivity contribution in [1.29, 1.82) is 5.26 Å². The van der Waals surface area contributed by atoms with Crippen molar-refractivity contribution in [3.05, 3.63) is 59.4 Å². The Morgan fingerprint density at radius 1 is 1.16 bits per heavy atom. The third-order valence-corrected chi connectivity index (χ3v) is 3.57. The van der Waals surface area contributed by atoms with Gasteiger partial charge in [0.1, 0.15) is 5.69 Å². The summed E-state index contributed by atoms with van der Waals surface area (Å²) in [6.45, 7) is 2.71. The third kappa shape index (κ3) is 5.43. The summed E-state index contributed by atoms with van der Waals surface area (Å²) >= 11 is 0. The summed E-state index contributed by atoms with van der Waals surface area (Å²) in [5.74, 6) is -0.658. The molecule has 128 valence electrons. The number of amides is 2. The van der Waals surface area contributed by atoms with E-state index in [1.807, 2.05) is 6.07 Å². The van der Waals surface area contributed by atoms with Crippen LogP contribution in [0.25, 0.3) is 0 Å². The van der Waals surface area contributed by atoms with E-state index in [2.05, 4.69) is 22.5 Å². The van der Waals surface area contributed by atoms with Crippen molar-refractivity contribution in [3.8, 4) is 6.07 Å². The van der Waals surface area contributed by atoms with Gasteiger partial charge in [-0.2, -0.15) is 5.26 Å². The second-order valence-electron chi connectivity index (χ2n) is 5.54. The standard InChI is InChI=1S/C19H20N4O2/c1-2-3-4-9-22-18(24)15-8-10-21-17(12-15)19(25)23-16-7-5-6-14(11-16)13-20/h5-8,10-12H,2-4,9H2,1H3,(H,22,24)(H,23,25). The molecule has 6 nitrogen and oxygen atoms in total. The number of carbonyl (C=O) groups excluding carboxylic acids is 2. The van der Waals surface area contributed by atoms with E-state index in [0.29, 0.717) is 23.4 Å². The molecule has 2 N–H and O–H groups in total. The van der Waals surface area contributed by atoms with Gasteiger partial charge in [0.15, 0.2) is 0 Å². The van der Waals surface area contributed by atoms with Gasteiger partial charge in [0.2, 0.25) is 0 Å². The molecule has 1 aromatic carbocycles. The van der Waals surface area contributed by atoms with E-state index in [1.165, 1.54) is 12.3 Å². The normalized spacial score (nSPS) is 9.92. The Bertz CT molecular complexity index is 796. The number of nitrogens with zero attached hydrogens (tertiary/aromatic N) is 2. The van der Waals surface area contributed by atoms with Gasteiger partial charge in [-0.25, -0.2) is 0 Å². The Morgan fingerprint density at radius 3 is 2.76 bits per heavy atom. The quantitative estimate of drug-likeness (QED) is 0.759.